The van der Waals surface area contributed by atoms with Crippen molar-refractivity contribution in [2.75, 3.05) is 7.11 Å². The number of rotatable bonds is 3. The van der Waals surface area contributed by atoms with E-state index >= 15 is 0 Å². The second-order valence-corrected chi connectivity index (χ2v) is 3.49. The first-order chi connectivity index (χ1) is 6.65. The lowest BCUT2D eigenvalue weighted by molar-refractivity contribution is 0.202. The van der Waals surface area contributed by atoms with Gasteiger partial charge in [0, 0.05) is 5.56 Å². The van der Waals surface area contributed by atoms with Crippen LogP contribution < -0.4 is 4.74 Å². The Kier molecular flexibility index (Phi) is 4.07. The third-order valence-corrected chi connectivity index (χ3v) is 2.22. The zero-order valence-electron chi connectivity index (χ0n) is 7.51. The molecule has 0 saturated heterocycles. The highest BCUT2D eigenvalue weighted by atomic mass is 79.9. The molecule has 0 saturated carbocycles. The van der Waals surface area contributed by atoms with Gasteiger partial charge in [-0.3, -0.25) is 0 Å². The molecule has 14 heavy (non-hydrogen) atoms. The zero-order valence-corrected chi connectivity index (χ0v) is 9.09. The Morgan fingerprint density at radius 3 is 2.64 bits per heavy atom. The van der Waals surface area contributed by atoms with E-state index in [2.05, 4.69) is 15.9 Å². The minimum absolute atomic E-state index is 0.151. The molecule has 4 heteroatoms. The van der Waals surface area contributed by atoms with E-state index < -0.39 is 6.43 Å². The minimum atomic E-state index is -2.50. The molecule has 1 aromatic carbocycles. The van der Waals surface area contributed by atoms with Crippen LogP contribution in [-0.4, -0.2) is 13.5 Å². The molecule has 0 amide bonds. The molecule has 0 heterocycles. The molecule has 0 N–H and O–H groups in total. The van der Waals surface area contributed by atoms with Gasteiger partial charge in [-0.2, -0.15) is 0 Å². The average Bonchev–Trinajstić information content (AvgIpc) is 2.18. The predicted octanol–water partition coefficient (Wildman–Crippen LogP) is 3.70. The van der Waals surface area contributed by atoms with E-state index in [1.54, 1.807) is 24.3 Å². The van der Waals surface area contributed by atoms with Crippen LogP contribution in [0, 0.1) is 0 Å². The quantitative estimate of drug-likeness (QED) is 0.808. The molecule has 0 aliphatic rings. The van der Waals surface area contributed by atoms with E-state index in [0.29, 0.717) is 11.3 Å². The Morgan fingerprint density at radius 1 is 1.43 bits per heavy atom. The monoisotopic (exact) mass is 262 g/mol. The summed E-state index contributed by atoms with van der Waals surface area (Å²) in [7, 11) is 1.50. The molecule has 0 bridgehead atoms. The van der Waals surface area contributed by atoms with Crippen LogP contribution in [0.3, 0.4) is 0 Å². The van der Waals surface area contributed by atoms with E-state index in [4.69, 9.17) is 4.74 Å². The van der Waals surface area contributed by atoms with Crippen LogP contribution >= 0.6 is 15.9 Å². The number of benzene rings is 1. The van der Waals surface area contributed by atoms with Crippen LogP contribution in [0.2, 0.25) is 0 Å². The fourth-order valence-electron chi connectivity index (χ4n) is 0.997. The van der Waals surface area contributed by atoms with Crippen LogP contribution in [0.4, 0.5) is 8.78 Å². The molecular formula is C10H9BrF2O. The Bertz CT molecular complexity index is 337. The first-order valence-corrected chi connectivity index (χ1v) is 4.72. The first-order valence-electron chi connectivity index (χ1n) is 3.93. The number of hydrogen-bond acceptors (Lipinski definition) is 1. The number of alkyl halides is 2. The fourth-order valence-corrected chi connectivity index (χ4v) is 1.24. The summed E-state index contributed by atoms with van der Waals surface area (Å²) < 4.78 is 29.3. The van der Waals surface area contributed by atoms with Gasteiger partial charge < -0.3 is 4.74 Å². The third-order valence-electron chi connectivity index (χ3n) is 1.64. The van der Waals surface area contributed by atoms with Gasteiger partial charge in [-0.1, -0.05) is 18.2 Å². The number of halogens is 3. The van der Waals surface area contributed by atoms with Gasteiger partial charge in [0.1, 0.15) is 5.75 Å². The molecule has 0 radical (unpaired) electrons. The van der Waals surface area contributed by atoms with Crippen molar-refractivity contribution < 1.29 is 13.5 Å². The number of ether oxygens (including phenoxy) is 1. The van der Waals surface area contributed by atoms with Gasteiger partial charge in [-0.15, -0.1) is 0 Å². The molecule has 1 aromatic rings. The molecule has 0 spiro atoms. The molecule has 76 valence electrons. The maximum atomic E-state index is 12.2. The van der Waals surface area contributed by atoms with Gasteiger partial charge in [-0.05, 0) is 28.1 Å². The summed E-state index contributed by atoms with van der Waals surface area (Å²) in [5, 5.41) is 0. The summed E-state index contributed by atoms with van der Waals surface area (Å²) in [6, 6.07) is 6.98. The fraction of sp³-hybridized carbons (Fsp3) is 0.200. The van der Waals surface area contributed by atoms with Crippen molar-refractivity contribution in [3.05, 3.63) is 34.3 Å². The van der Waals surface area contributed by atoms with Crippen molar-refractivity contribution in [1.29, 1.82) is 0 Å². The summed E-state index contributed by atoms with van der Waals surface area (Å²) in [4.78, 5) is 0. The zero-order chi connectivity index (χ0) is 10.6. The molecule has 0 unspecified atom stereocenters. The van der Waals surface area contributed by atoms with Crippen LogP contribution in [-0.2, 0) is 0 Å². The van der Waals surface area contributed by atoms with Crippen LogP contribution in [0.1, 0.15) is 5.56 Å². The van der Waals surface area contributed by atoms with Crippen molar-refractivity contribution in [2.45, 2.75) is 6.43 Å². The first kappa shape index (κ1) is 11.2. The standard InChI is InChI=1S/C10H9BrF2O/c1-14-9-5-3-2-4-7(9)6-8(11)10(12)13/h2-6,10H,1H3/b8-6-. The second-order valence-electron chi connectivity index (χ2n) is 2.57. The number of methoxy groups -OCH3 is 1. The van der Waals surface area contributed by atoms with Gasteiger partial charge in [0.2, 0.25) is 0 Å². The van der Waals surface area contributed by atoms with Gasteiger partial charge >= 0.3 is 0 Å². The third kappa shape index (κ3) is 2.80. The van der Waals surface area contributed by atoms with E-state index in [1.165, 1.54) is 13.2 Å². The molecule has 0 fully saturated rings. The maximum Gasteiger partial charge on any atom is 0.270 e. The minimum Gasteiger partial charge on any atom is -0.496 e. The molecule has 0 aliphatic heterocycles. The predicted molar refractivity (Wildman–Crippen MR) is 55.9 cm³/mol. The molecular weight excluding hydrogens is 254 g/mol. The SMILES string of the molecule is COc1ccccc1/C=C(\Br)C(F)F. The number of para-hydroxylation sites is 1. The Morgan fingerprint density at radius 2 is 2.07 bits per heavy atom. The summed E-state index contributed by atoms with van der Waals surface area (Å²) in [6.45, 7) is 0. The van der Waals surface area contributed by atoms with E-state index in [-0.39, 0.29) is 4.48 Å². The van der Waals surface area contributed by atoms with Crippen LogP contribution in [0.25, 0.3) is 6.08 Å². The van der Waals surface area contributed by atoms with Crippen LogP contribution in [0.15, 0.2) is 28.7 Å². The van der Waals surface area contributed by atoms with E-state index in [1.807, 2.05) is 0 Å². The summed E-state index contributed by atoms with van der Waals surface area (Å²) >= 11 is 2.80. The van der Waals surface area contributed by atoms with Gasteiger partial charge in [-0.25, -0.2) is 8.78 Å². The Balaban J connectivity index is 3.01. The smallest absolute Gasteiger partial charge is 0.270 e. The average molecular weight is 263 g/mol. The van der Waals surface area contributed by atoms with E-state index in [0.717, 1.165) is 0 Å². The summed E-state index contributed by atoms with van der Waals surface area (Å²) in [5.41, 5.74) is 0.627. The van der Waals surface area contributed by atoms with E-state index in [9.17, 15) is 8.78 Å². The maximum absolute atomic E-state index is 12.2. The lowest BCUT2D eigenvalue weighted by atomic mass is 10.2. The molecule has 0 atom stereocenters. The van der Waals surface area contributed by atoms with Crippen molar-refractivity contribution >= 4 is 22.0 Å². The van der Waals surface area contributed by atoms with Crippen molar-refractivity contribution in [2.24, 2.45) is 0 Å². The van der Waals surface area contributed by atoms with Crippen molar-refractivity contribution in [3.63, 3.8) is 0 Å². The van der Waals surface area contributed by atoms with Crippen molar-refractivity contribution in [1.82, 2.24) is 0 Å². The lowest BCUT2D eigenvalue weighted by Gasteiger charge is -2.04. The normalized spacial score (nSPS) is 11.9. The number of allylic oxidation sites excluding steroid dienone is 1. The molecule has 1 nitrogen and oxygen atoms in total. The summed E-state index contributed by atoms with van der Waals surface area (Å²) in [5.74, 6) is 0.574. The topological polar surface area (TPSA) is 9.23 Å². The van der Waals surface area contributed by atoms with Crippen LogP contribution in [0.5, 0.6) is 5.75 Å². The highest BCUT2D eigenvalue weighted by Gasteiger charge is 2.08. The highest BCUT2D eigenvalue weighted by molar-refractivity contribution is 9.11. The largest absolute Gasteiger partial charge is 0.496 e. The van der Waals surface area contributed by atoms with Crippen molar-refractivity contribution in [3.8, 4) is 5.75 Å². The summed E-state index contributed by atoms with van der Waals surface area (Å²) in [6.07, 6.45) is -1.15. The Labute approximate surface area is 89.5 Å². The Hall–Kier alpha value is -0.900. The number of hydrogen-bond donors (Lipinski definition) is 0. The molecule has 1 rings (SSSR count). The highest BCUT2D eigenvalue weighted by Crippen LogP contribution is 2.25. The second kappa shape index (κ2) is 5.10. The van der Waals surface area contributed by atoms with Gasteiger partial charge in [0.05, 0.1) is 11.6 Å². The lowest BCUT2D eigenvalue weighted by Crippen LogP contribution is -1.90. The molecule has 0 aliphatic carbocycles. The van der Waals surface area contributed by atoms with Gasteiger partial charge in [0.15, 0.2) is 0 Å². The van der Waals surface area contributed by atoms with Gasteiger partial charge in [0.25, 0.3) is 6.43 Å². The molecule has 0 aromatic heterocycles.